The number of carbonyl (C=O) groups is 2. The summed E-state index contributed by atoms with van der Waals surface area (Å²) in [6, 6.07) is 19.4. The van der Waals surface area contributed by atoms with Crippen LogP contribution in [0.2, 0.25) is 0 Å². The smallest absolute Gasteiger partial charge is 0.249 e. The van der Waals surface area contributed by atoms with Crippen LogP contribution in [0.25, 0.3) is 0 Å². The highest BCUT2D eigenvalue weighted by molar-refractivity contribution is 7.10. The number of nitrogens with zero attached hydrogens (tertiary/aromatic N) is 2. The van der Waals surface area contributed by atoms with E-state index in [0.717, 1.165) is 28.9 Å². The average Bonchev–Trinajstić information content (AvgIpc) is 3.36. The molecule has 7 heteroatoms. The fourth-order valence-electron chi connectivity index (χ4n) is 4.44. The largest absolute Gasteiger partial charge is 0.497 e. The number of carbonyl (C=O) groups excluding carboxylic acids is 2. The molecule has 1 aliphatic rings. The van der Waals surface area contributed by atoms with E-state index in [9.17, 15) is 9.59 Å². The van der Waals surface area contributed by atoms with Gasteiger partial charge >= 0.3 is 0 Å². The molecule has 2 heterocycles. The van der Waals surface area contributed by atoms with E-state index in [1.165, 1.54) is 4.88 Å². The molecule has 2 aromatic carbocycles. The highest BCUT2D eigenvalue weighted by Gasteiger charge is 2.34. The third-order valence-electron chi connectivity index (χ3n) is 6.30. The van der Waals surface area contributed by atoms with Gasteiger partial charge in [-0.05, 0) is 60.5 Å². The van der Waals surface area contributed by atoms with Crippen LogP contribution in [-0.4, -0.2) is 54.5 Å². The molecular formula is C28H32N2O4S. The number of methoxy groups -OCH3 is 1. The highest BCUT2D eigenvalue weighted by atomic mass is 32.1. The average molecular weight is 493 g/mol. The van der Waals surface area contributed by atoms with Crippen molar-refractivity contribution in [1.29, 1.82) is 0 Å². The predicted octanol–water partition coefficient (Wildman–Crippen LogP) is 4.68. The van der Waals surface area contributed by atoms with E-state index < -0.39 is 0 Å². The van der Waals surface area contributed by atoms with E-state index in [1.54, 1.807) is 23.3 Å². The predicted molar refractivity (Wildman–Crippen MR) is 138 cm³/mol. The number of benzene rings is 2. The lowest BCUT2D eigenvalue weighted by molar-refractivity contribution is -0.146. The molecule has 1 aromatic heterocycles. The van der Waals surface area contributed by atoms with E-state index >= 15 is 0 Å². The summed E-state index contributed by atoms with van der Waals surface area (Å²) in [4.78, 5) is 31.4. The molecule has 0 fully saturated rings. The molecule has 1 aliphatic heterocycles. The van der Waals surface area contributed by atoms with Crippen molar-refractivity contribution in [3.8, 4) is 5.75 Å². The summed E-state index contributed by atoms with van der Waals surface area (Å²) in [7, 11) is 1.64. The second-order valence-electron chi connectivity index (χ2n) is 8.91. The summed E-state index contributed by atoms with van der Waals surface area (Å²) in [5, 5.41) is 2.09. The molecule has 1 atom stereocenters. The summed E-state index contributed by atoms with van der Waals surface area (Å²) in [5.41, 5.74) is 3.20. The molecule has 1 unspecified atom stereocenters. The van der Waals surface area contributed by atoms with E-state index in [1.807, 2.05) is 73.3 Å². The fourth-order valence-corrected chi connectivity index (χ4v) is 5.34. The van der Waals surface area contributed by atoms with Crippen LogP contribution in [0.3, 0.4) is 0 Å². The van der Waals surface area contributed by atoms with Crippen molar-refractivity contribution in [3.05, 3.63) is 87.6 Å². The molecule has 4 rings (SSSR count). The first-order valence-corrected chi connectivity index (χ1v) is 12.8. The van der Waals surface area contributed by atoms with Gasteiger partial charge in [-0.25, -0.2) is 0 Å². The van der Waals surface area contributed by atoms with E-state index in [0.29, 0.717) is 13.2 Å². The first-order chi connectivity index (χ1) is 17.0. The molecule has 2 amide bonds. The van der Waals surface area contributed by atoms with Crippen molar-refractivity contribution >= 4 is 23.2 Å². The topological polar surface area (TPSA) is 59.1 Å². The Balaban J connectivity index is 1.47. The van der Waals surface area contributed by atoms with Crippen LogP contribution in [0.5, 0.6) is 5.75 Å². The fraction of sp³-hybridized carbons (Fsp3) is 0.357. The van der Waals surface area contributed by atoms with Gasteiger partial charge in [0.25, 0.3) is 0 Å². The van der Waals surface area contributed by atoms with Crippen LogP contribution < -0.4 is 4.74 Å². The molecule has 0 N–H and O–H groups in total. The number of amides is 2. The van der Waals surface area contributed by atoms with Gasteiger partial charge in [-0.1, -0.05) is 42.5 Å². The molecule has 6 nitrogen and oxygen atoms in total. The second-order valence-corrected chi connectivity index (χ2v) is 9.91. The minimum Gasteiger partial charge on any atom is -0.497 e. The summed E-state index contributed by atoms with van der Waals surface area (Å²) in [6.07, 6.45) is 0.821. The van der Waals surface area contributed by atoms with Crippen molar-refractivity contribution in [2.24, 2.45) is 0 Å². The lowest BCUT2D eigenvalue weighted by Crippen LogP contribution is -2.49. The van der Waals surface area contributed by atoms with E-state index in [-0.39, 0.29) is 37.0 Å². The Morgan fingerprint density at radius 2 is 1.83 bits per heavy atom. The van der Waals surface area contributed by atoms with Crippen molar-refractivity contribution in [1.82, 2.24) is 9.80 Å². The van der Waals surface area contributed by atoms with Crippen LogP contribution in [0.15, 0.2) is 66.0 Å². The Morgan fingerprint density at radius 1 is 1.09 bits per heavy atom. The molecule has 184 valence electrons. The third-order valence-corrected chi connectivity index (χ3v) is 7.30. The molecule has 0 radical (unpaired) electrons. The number of fused-ring (bicyclic) bond motifs is 1. The molecule has 3 aromatic rings. The van der Waals surface area contributed by atoms with Crippen LogP contribution in [0.1, 0.15) is 41.5 Å². The lowest BCUT2D eigenvalue weighted by atomic mass is 9.93. The quantitative estimate of drug-likeness (QED) is 0.435. The highest BCUT2D eigenvalue weighted by Crippen LogP contribution is 2.38. The molecule has 35 heavy (non-hydrogen) atoms. The standard InChI is InChI=1S/C28H32N2O4S/c1-20(2)30(27(32)19-34-18-21-7-5-4-6-8-21)17-26(31)29-15-13-25-24(14-16-35-25)28(29)22-9-11-23(33-3)12-10-22/h4-12,14,16,20,28H,13,15,17-19H2,1-3H3. The molecular weight excluding hydrogens is 460 g/mol. The first-order valence-electron chi connectivity index (χ1n) is 11.9. The van der Waals surface area contributed by atoms with Gasteiger partial charge in [0, 0.05) is 17.5 Å². The Morgan fingerprint density at radius 3 is 2.51 bits per heavy atom. The van der Waals surface area contributed by atoms with Gasteiger partial charge in [0.2, 0.25) is 11.8 Å². The Bertz CT molecular complexity index is 1130. The normalized spacial score (nSPS) is 15.1. The maximum atomic E-state index is 13.6. The summed E-state index contributed by atoms with van der Waals surface area (Å²) < 4.78 is 11.0. The van der Waals surface area contributed by atoms with Gasteiger partial charge in [0.05, 0.1) is 19.8 Å². The van der Waals surface area contributed by atoms with Crippen molar-refractivity contribution in [2.45, 2.75) is 39.0 Å². The summed E-state index contributed by atoms with van der Waals surface area (Å²) in [5.74, 6) is 0.534. The maximum Gasteiger partial charge on any atom is 0.249 e. The van der Waals surface area contributed by atoms with E-state index in [4.69, 9.17) is 9.47 Å². The molecule has 0 spiro atoms. The van der Waals surface area contributed by atoms with Gasteiger partial charge in [-0.3, -0.25) is 9.59 Å². The van der Waals surface area contributed by atoms with Crippen LogP contribution in [-0.2, 0) is 27.4 Å². The Kier molecular flexibility index (Phi) is 8.21. The number of ether oxygens (including phenoxy) is 2. The van der Waals surface area contributed by atoms with E-state index in [2.05, 4.69) is 11.4 Å². The Labute approximate surface area is 211 Å². The lowest BCUT2D eigenvalue weighted by Gasteiger charge is -2.38. The minimum atomic E-state index is -0.182. The number of thiophene rings is 1. The maximum absolute atomic E-state index is 13.6. The minimum absolute atomic E-state index is 0.0251. The van der Waals surface area contributed by atoms with Crippen LogP contribution in [0, 0.1) is 0 Å². The summed E-state index contributed by atoms with van der Waals surface area (Å²) >= 11 is 1.73. The van der Waals surface area contributed by atoms with Gasteiger partial charge in [-0.2, -0.15) is 0 Å². The van der Waals surface area contributed by atoms with Crippen LogP contribution >= 0.6 is 11.3 Å². The Hall–Kier alpha value is -3.16. The van der Waals surface area contributed by atoms with Gasteiger partial charge in [-0.15, -0.1) is 11.3 Å². The zero-order chi connectivity index (χ0) is 24.8. The van der Waals surface area contributed by atoms with Crippen molar-refractivity contribution < 1.29 is 19.1 Å². The molecule has 0 saturated carbocycles. The zero-order valence-electron chi connectivity index (χ0n) is 20.5. The molecule has 0 bridgehead atoms. The monoisotopic (exact) mass is 492 g/mol. The first kappa shape index (κ1) is 24.9. The SMILES string of the molecule is COc1ccc(C2c3ccsc3CCN2C(=O)CN(C(=O)COCc2ccccc2)C(C)C)cc1. The van der Waals surface area contributed by atoms with Gasteiger partial charge < -0.3 is 19.3 Å². The zero-order valence-corrected chi connectivity index (χ0v) is 21.3. The number of hydrogen-bond acceptors (Lipinski definition) is 5. The summed E-state index contributed by atoms with van der Waals surface area (Å²) in [6.45, 7) is 4.80. The third kappa shape index (κ3) is 5.92. The van der Waals surface area contributed by atoms with Gasteiger partial charge in [0.15, 0.2) is 0 Å². The van der Waals surface area contributed by atoms with Crippen LogP contribution in [0.4, 0.5) is 0 Å². The van der Waals surface area contributed by atoms with Gasteiger partial charge in [0.1, 0.15) is 18.9 Å². The number of hydrogen-bond donors (Lipinski definition) is 0. The van der Waals surface area contributed by atoms with Crippen molar-refractivity contribution in [3.63, 3.8) is 0 Å². The van der Waals surface area contributed by atoms with Crippen molar-refractivity contribution in [2.75, 3.05) is 26.8 Å². The molecule has 0 saturated heterocycles. The molecule has 0 aliphatic carbocycles. The second kappa shape index (κ2) is 11.5. The number of rotatable bonds is 9.